The molecule has 2 rings (SSSR count). The average Bonchev–Trinajstić information content (AvgIpc) is 2.84. The fourth-order valence-electron chi connectivity index (χ4n) is 1.74. The fourth-order valence-corrected chi connectivity index (χ4v) is 2.81. The minimum atomic E-state index is 0.0387. The van der Waals surface area contributed by atoms with E-state index in [1.54, 1.807) is 16.2 Å². The molecule has 0 unspecified atom stereocenters. The summed E-state index contributed by atoms with van der Waals surface area (Å²) in [7, 11) is 1.83. The molecular weight excluding hydrogens is 310 g/mol. The molecule has 0 aliphatic heterocycles. The Morgan fingerprint density at radius 3 is 2.83 bits per heavy atom. The summed E-state index contributed by atoms with van der Waals surface area (Å²) in [6.07, 6.45) is 0. The lowest BCUT2D eigenvalue weighted by molar-refractivity contribution is 0.0784. The van der Waals surface area contributed by atoms with E-state index in [9.17, 15) is 4.79 Å². The molecule has 4 heteroatoms. The Kier molecular flexibility index (Phi) is 4.19. The second kappa shape index (κ2) is 5.67. The van der Waals surface area contributed by atoms with E-state index in [4.69, 9.17) is 0 Å². The predicted molar refractivity (Wildman–Crippen MR) is 79.0 cm³/mol. The number of carbonyl (C=O) groups excluding carboxylic acids is 1. The van der Waals surface area contributed by atoms with Crippen LogP contribution >= 0.6 is 27.3 Å². The highest BCUT2D eigenvalue weighted by Gasteiger charge is 2.15. The molecule has 0 N–H and O–H groups in total. The van der Waals surface area contributed by atoms with E-state index in [0.29, 0.717) is 12.1 Å². The maximum Gasteiger partial charge on any atom is 0.255 e. The van der Waals surface area contributed by atoms with Gasteiger partial charge in [-0.2, -0.15) is 11.3 Å². The minimum Gasteiger partial charge on any atom is -0.337 e. The molecule has 1 amide bonds. The van der Waals surface area contributed by atoms with Gasteiger partial charge < -0.3 is 4.90 Å². The first-order valence-corrected chi connectivity index (χ1v) is 7.34. The summed E-state index contributed by atoms with van der Waals surface area (Å²) >= 11 is 5.08. The first kappa shape index (κ1) is 13.3. The predicted octanol–water partition coefficient (Wildman–Crippen LogP) is 4.09. The lowest BCUT2D eigenvalue weighted by Gasteiger charge is -2.17. The van der Waals surface area contributed by atoms with Crippen molar-refractivity contribution in [2.75, 3.05) is 7.05 Å². The highest BCUT2D eigenvalue weighted by atomic mass is 79.9. The molecule has 94 valence electrons. The van der Waals surface area contributed by atoms with Crippen LogP contribution in [0.25, 0.3) is 0 Å². The van der Waals surface area contributed by atoms with Crippen LogP contribution in [0.1, 0.15) is 21.5 Å². The van der Waals surface area contributed by atoms with Gasteiger partial charge in [-0.3, -0.25) is 4.79 Å². The Hall–Kier alpha value is -1.13. The number of thiophene rings is 1. The van der Waals surface area contributed by atoms with Crippen LogP contribution < -0.4 is 0 Å². The number of carbonyl (C=O) groups is 1. The number of nitrogens with zero attached hydrogens (tertiary/aromatic N) is 1. The number of hydrogen-bond acceptors (Lipinski definition) is 2. The van der Waals surface area contributed by atoms with Crippen molar-refractivity contribution in [2.45, 2.75) is 13.5 Å². The number of halogens is 1. The van der Waals surface area contributed by atoms with E-state index in [2.05, 4.69) is 21.3 Å². The standard InChI is InChI=1S/C14H14BrNOS/c1-10-3-4-13(15)12(7-10)14(17)16(2)8-11-5-6-18-9-11/h3-7,9H,8H2,1-2H3. The smallest absolute Gasteiger partial charge is 0.255 e. The zero-order chi connectivity index (χ0) is 13.1. The first-order valence-electron chi connectivity index (χ1n) is 5.60. The third-order valence-electron chi connectivity index (χ3n) is 2.70. The van der Waals surface area contributed by atoms with Crippen molar-refractivity contribution in [3.63, 3.8) is 0 Å². The maximum atomic E-state index is 12.3. The molecule has 0 fully saturated rings. The van der Waals surface area contributed by atoms with Crippen LogP contribution in [0, 0.1) is 6.92 Å². The number of hydrogen-bond donors (Lipinski definition) is 0. The monoisotopic (exact) mass is 323 g/mol. The van der Waals surface area contributed by atoms with Crippen LogP contribution in [0.4, 0.5) is 0 Å². The fraction of sp³-hybridized carbons (Fsp3) is 0.214. The third kappa shape index (κ3) is 3.00. The molecule has 2 nitrogen and oxygen atoms in total. The molecule has 1 aromatic carbocycles. The number of rotatable bonds is 3. The highest BCUT2D eigenvalue weighted by Crippen LogP contribution is 2.20. The van der Waals surface area contributed by atoms with Crippen LogP contribution in [0.3, 0.4) is 0 Å². The lowest BCUT2D eigenvalue weighted by Crippen LogP contribution is -2.26. The molecule has 0 saturated heterocycles. The van der Waals surface area contributed by atoms with Crippen molar-refractivity contribution >= 4 is 33.2 Å². The van der Waals surface area contributed by atoms with Gasteiger partial charge in [0.15, 0.2) is 0 Å². The van der Waals surface area contributed by atoms with E-state index in [1.807, 2.05) is 43.6 Å². The van der Waals surface area contributed by atoms with Gasteiger partial charge in [-0.05, 0) is 57.4 Å². The SMILES string of the molecule is Cc1ccc(Br)c(C(=O)N(C)Cc2ccsc2)c1. The van der Waals surface area contributed by atoms with Crippen molar-refractivity contribution in [3.05, 3.63) is 56.2 Å². The summed E-state index contributed by atoms with van der Waals surface area (Å²) in [4.78, 5) is 14.1. The lowest BCUT2D eigenvalue weighted by atomic mass is 10.1. The Bertz CT molecular complexity index is 551. The Morgan fingerprint density at radius 1 is 1.39 bits per heavy atom. The van der Waals surface area contributed by atoms with Crippen LogP contribution in [-0.2, 0) is 6.54 Å². The zero-order valence-electron chi connectivity index (χ0n) is 10.3. The Balaban J connectivity index is 2.17. The first-order chi connectivity index (χ1) is 8.58. The summed E-state index contributed by atoms with van der Waals surface area (Å²) in [5.41, 5.74) is 2.97. The van der Waals surface area contributed by atoms with Crippen molar-refractivity contribution in [2.24, 2.45) is 0 Å². The topological polar surface area (TPSA) is 20.3 Å². The minimum absolute atomic E-state index is 0.0387. The molecule has 1 aromatic heterocycles. The second-order valence-electron chi connectivity index (χ2n) is 4.28. The third-order valence-corrected chi connectivity index (χ3v) is 4.12. The van der Waals surface area contributed by atoms with Gasteiger partial charge in [-0.1, -0.05) is 11.6 Å². The molecule has 0 saturated carbocycles. The van der Waals surface area contributed by atoms with Crippen LogP contribution in [0.15, 0.2) is 39.5 Å². The molecule has 0 radical (unpaired) electrons. The van der Waals surface area contributed by atoms with E-state index < -0.39 is 0 Å². The molecule has 0 atom stereocenters. The maximum absolute atomic E-state index is 12.3. The number of aryl methyl sites for hydroxylation is 1. The number of amides is 1. The van der Waals surface area contributed by atoms with Crippen molar-refractivity contribution in [1.29, 1.82) is 0 Å². The zero-order valence-corrected chi connectivity index (χ0v) is 12.7. The molecular formula is C14H14BrNOS. The summed E-state index contributed by atoms with van der Waals surface area (Å²) in [5.74, 6) is 0.0387. The van der Waals surface area contributed by atoms with E-state index in [-0.39, 0.29) is 5.91 Å². The van der Waals surface area contributed by atoms with Gasteiger partial charge in [0.1, 0.15) is 0 Å². The molecule has 18 heavy (non-hydrogen) atoms. The Morgan fingerprint density at radius 2 is 2.17 bits per heavy atom. The second-order valence-corrected chi connectivity index (χ2v) is 5.91. The van der Waals surface area contributed by atoms with Gasteiger partial charge in [0.25, 0.3) is 5.91 Å². The summed E-state index contributed by atoms with van der Waals surface area (Å²) in [6, 6.07) is 7.86. The molecule has 2 aromatic rings. The molecule has 0 aliphatic rings. The van der Waals surface area contributed by atoms with Gasteiger partial charge in [0, 0.05) is 18.1 Å². The Labute approximate surface area is 119 Å². The van der Waals surface area contributed by atoms with Crippen LogP contribution in [0.2, 0.25) is 0 Å². The van der Waals surface area contributed by atoms with Gasteiger partial charge in [0.2, 0.25) is 0 Å². The molecule has 0 spiro atoms. The summed E-state index contributed by atoms with van der Waals surface area (Å²) in [5, 5.41) is 4.09. The largest absolute Gasteiger partial charge is 0.337 e. The van der Waals surface area contributed by atoms with Crippen LogP contribution in [0.5, 0.6) is 0 Å². The van der Waals surface area contributed by atoms with Crippen molar-refractivity contribution in [3.8, 4) is 0 Å². The normalized spacial score (nSPS) is 10.4. The van der Waals surface area contributed by atoms with Crippen LogP contribution in [-0.4, -0.2) is 17.9 Å². The van der Waals surface area contributed by atoms with Gasteiger partial charge in [-0.25, -0.2) is 0 Å². The van der Waals surface area contributed by atoms with E-state index >= 15 is 0 Å². The van der Waals surface area contributed by atoms with Gasteiger partial charge in [0.05, 0.1) is 5.56 Å². The molecule has 0 aliphatic carbocycles. The highest BCUT2D eigenvalue weighted by molar-refractivity contribution is 9.10. The summed E-state index contributed by atoms with van der Waals surface area (Å²) < 4.78 is 0.843. The van der Waals surface area contributed by atoms with Crippen molar-refractivity contribution in [1.82, 2.24) is 4.90 Å². The summed E-state index contributed by atoms with van der Waals surface area (Å²) in [6.45, 7) is 2.63. The average molecular weight is 324 g/mol. The molecule has 0 bridgehead atoms. The van der Waals surface area contributed by atoms with Gasteiger partial charge in [-0.15, -0.1) is 0 Å². The van der Waals surface area contributed by atoms with E-state index in [1.165, 1.54) is 5.56 Å². The van der Waals surface area contributed by atoms with Gasteiger partial charge >= 0.3 is 0 Å². The van der Waals surface area contributed by atoms with Crippen molar-refractivity contribution < 1.29 is 4.79 Å². The number of benzene rings is 1. The molecule has 1 heterocycles. The van der Waals surface area contributed by atoms with E-state index in [0.717, 1.165) is 10.0 Å². The quantitative estimate of drug-likeness (QED) is 0.833.